The molecule has 0 N–H and O–H groups in total. The first-order valence-electron chi connectivity index (χ1n) is 6.01. The minimum atomic E-state index is -3.36. The van der Waals surface area contributed by atoms with Crippen LogP contribution in [0.3, 0.4) is 0 Å². The average Bonchev–Trinajstić information content (AvgIpc) is 2.46. The van der Waals surface area contributed by atoms with E-state index in [1.54, 1.807) is 36.0 Å². The number of hydrogen-bond donors (Lipinski definition) is 0. The van der Waals surface area contributed by atoms with Crippen molar-refractivity contribution in [3.63, 3.8) is 0 Å². The van der Waals surface area contributed by atoms with Gasteiger partial charge in [-0.3, -0.25) is 0 Å². The second-order valence-electron chi connectivity index (χ2n) is 4.03. The molecule has 1 aromatic carbocycles. The highest BCUT2D eigenvalue weighted by Crippen LogP contribution is 2.22. The minimum Gasteiger partial charge on any atom is -0.492 e. The average molecular weight is 322 g/mol. The summed E-state index contributed by atoms with van der Waals surface area (Å²) in [4.78, 5) is 0.317. The fourth-order valence-electron chi connectivity index (χ4n) is 1.80. The quantitative estimate of drug-likeness (QED) is 0.779. The summed E-state index contributed by atoms with van der Waals surface area (Å²) < 4.78 is 31.6. The van der Waals surface area contributed by atoms with Crippen molar-refractivity contribution in [2.75, 3.05) is 37.1 Å². The van der Waals surface area contributed by atoms with Gasteiger partial charge in [-0.25, -0.2) is 8.42 Å². The first-order chi connectivity index (χ1) is 9.14. The Bertz CT molecular complexity index is 498. The lowest BCUT2D eigenvalue weighted by Crippen LogP contribution is -2.37. The fourth-order valence-corrected chi connectivity index (χ4v) is 4.45. The molecule has 1 saturated heterocycles. The molecule has 0 aromatic heterocycles. The van der Waals surface area contributed by atoms with Crippen LogP contribution in [0.1, 0.15) is 0 Å². The fraction of sp³-hybridized carbons (Fsp3) is 0.500. The highest BCUT2D eigenvalue weighted by atomic mass is 35.5. The molecule has 4 nitrogen and oxygen atoms in total. The molecule has 0 bridgehead atoms. The Kier molecular flexibility index (Phi) is 5.38. The zero-order valence-electron chi connectivity index (χ0n) is 10.4. The molecule has 0 unspecified atom stereocenters. The van der Waals surface area contributed by atoms with Gasteiger partial charge in [0.25, 0.3) is 0 Å². The molecule has 19 heavy (non-hydrogen) atoms. The zero-order valence-corrected chi connectivity index (χ0v) is 12.8. The van der Waals surface area contributed by atoms with Crippen LogP contribution in [0.15, 0.2) is 29.2 Å². The van der Waals surface area contributed by atoms with Gasteiger partial charge in [0.15, 0.2) is 0 Å². The van der Waals surface area contributed by atoms with E-state index in [9.17, 15) is 8.42 Å². The summed E-state index contributed by atoms with van der Waals surface area (Å²) >= 11 is 7.31. The molecule has 1 aliphatic heterocycles. The van der Waals surface area contributed by atoms with Gasteiger partial charge < -0.3 is 4.74 Å². The SMILES string of the molecule is O=S(=O)(c1ccc(OCCCl)cc1)N1CCSCC1. The third-order valence-corrected chi connectivity index (χ3v) is 5.79. The molecular weight excluding hydrogens is 306 g/mol. The smallest absolute Gasteiger partial charge is 0.243 e. The van der Waals surface area contributed by atoms with Gasteiger partial charge >= 0.3 is 0 Å². The van der Waals surface area contributed by atoms with Gasteiger partial charge in [0.2, 0.25) is 10.0 Å². The summed E-state index contributed by atoms with van der Waals surface area (Å²) in [7, 11) is -3.36. The van der Waals surface area contributed by atoms with Crippen LogP contribution in [0.25, 0.3) is 0 Å². The highest BCUT2D eigenvalue weighted by Gasteiger charge is 2.25. The van der Waals surface area contributed by atoms with Crippen LogP contribution >= 0.6 is 23.4 Å². The molecule has 2 rings (SSSR count). The van der Waals surface area contributed by atoms with Gasteiger partial charge in [-0.1, -0.05) is 0 Å². The molecule has 106 valence electrons. The summed E-state index contributed by atoms with van der Waals surface area (Å²) in [6.45, 7) is 1.58. The van der Waals surface area contributed by atoms with Crippen LogP contribution in [-0.2, 0) is 10.0 Å². The van der Waals surface area contributed by atoms with E-state index in [1.807, 2.05) is 0 Å². The van der Waals surface area contributed by atoms with E-state index in [-0.39, 0.29) is 0 Å². The predicted octanol–water partition coefficient (Wildman–Crippen LogP) is 2.04. The topological polar surface area (TPSA) is 46.6 Å². The summed E-state index contributed by atoms with van der Waals surface area (Å²) in [6, 6.07) is 6.50. The van der Waals surface area contributed by atoms with Crippen molar-refractivity contribution in [3.8, 4) is 5.75 Å². The second-order valence-corrected chi connectivity index (χ2v) is 7.57. The monoisotopic (exact) mass is 321 g/mol. The molecule has 0 saturated carbocycles. The lowest BCUT2D eigenvalue weighted by Gasteiger charge is -2.25. The number of ether oxygens (including phenoxy) is 1. The molecule has 0 aliphatic carbocycles. The maximum absolute atomic E-state index is 12.4. The normalized spacial score (nSPS) is 17.3. The van der Waals surface area contributed by atoms with E-state index in [1.165, 1.54) is 4.31 Å². The Morgan fingerprint density at radius 2 is 1.84 bits per heavy atom. The Morgan fingerprint density at radius 3 is 2.42 bits per heavy atom. The largest absolute Gasteiger partial charge is 0.492 e. The molecule has 0 amide bonds. The number of sulfonamides is 1. The van der Waals surface area contributed by atoms with Gasteiger partial charge in [-0.2, -0.15) is 16.1 Å². The number of hydrogen-bond acceptors (Lipinski definition) is 4. The first-order valence-corrected chi connectivity index (χ1v) is 9.14. The van der Waals surface area contributed by atoms with E-state index >= 15 is 0 Å². The third kappa shape index (κ3) is 3.78. The van der Waals surface area contributed by atoms with Crippen LogP contribution in [0, 0.1) is 0 Å². The van der Waals surface area contributed by atoms with Crippen molar-refractivity contribution < 1.29 is 13.2 Å². The second kappa shape index (κ2) is 6.83. The number of thioether (sulfide) groups is 1. The first kappa shape index (κ1) is 15.0. The van der Waals surface area contributed by atoms with Crippen molar-refractivity contribution in [1.82, 2.24) is 4.31 Å². The predicted molar refractivity (Wildman–Crippen MR) is 78.7 cm³/mol. The molecule has 1 heterocycles. The van der Waals surface area contributed by atoms with Gasteiger partial charge in [0.1, 0.15) is 12.4 Å². The molecule has 1 aromatic rings. The summed E-state index contributed by atoms with van der Waals surface area (Å²) in [6.07, 6.45) is 0. The lowest BCUT2D eigenvalue weighted by atomic mass is 10.3. The molecule has 0 radical (unpaired) electrons. The van der Waals surface area contributed by atoms with Crippen molar-refractivity contribution in [2.24, 2.45) is 0 Å². The molecule has 1 aliphatic rings. The summed E-state index contributed by atoms with van der Waals surface area (Å²) in [5.74, 6) is 2.76. The Balaban J connectivity index is 2.11. The van der Waals surface area contributed by atoms with E-state index in [2.05, 4.69) is 0 Å². The maximum atomic E-state index is 12.4. The van der Waals surface area contributed by atoms with Gasteiger partial charge in [0, 0.05) is 24.6 Å². The number of benzene rings is 1. The Hall–Kier alpha value is -0.430. The lowest BCUT2D eigenvalue weighted by molar-refractivity contribution is 0.342. The number of rotatable bonds is 5. The van der Waals surface area contributed by atoms with Crippen LogP contribution in [0.5, 0.6) is 5.75 Å². The zero-order chi connectivity index (χ0) is 13.7. The van der Waals surface area contributed by atoms with Crippen LogP contribution in [0.4, 0.5) is 0 Å². The summed E-state index contributed by atoms with van der Waals surface area (Å²) in [5, 5.41) is 0. The van der Waals surface area contributed by atoms with Crippen LogP contribution < -0.4 is 4.74 Å². The molecule has 7 heteroatoms. The van der Waals surface area contributed by atoms with Gasteiger partial charge in [-0.15, -0.1) is 11.6 Å². The van der Waals surface area contributed by atoms with E-state index in [4.69, 9.17) is 16.3 Å². The van der Waals surface area contributed by atoms with Crippen LogP contribution in [-0.4, -0.2) is 49.8 Å². The molecule has 1 fully saturated rings. The minimum absolute atomic E-state index is 0.317. The Morgan fingerprint density at radius 1 is 1.21 bits per heavy atom. The van der Waals surface area contributed by atoms with E-state index in [0.717, 1.165) is 11.5 Å². The van der Waals surface area contributed by atoms with Crippen molar-refractivity contribution >= 4 is 33.4 Å². The highest BCUT2D eigenvalue weighted by molar-refractivity contribution is 7.99. The van der Waals surface area contributed by atoms with E-state index < -0.39 is 10.0 Å². The third-order valence-electron chi connectivity index (χ3n) is 2.78. The number of halogens is 1. The standard InChI is InChI=1S/C12H16ClNO3S2/c13-5-8-17-11-1-3-12(4-2-11)19(15,16)14-6-9-18-10-7-14/h1-4H,5-10H2. The maximum Gasteiger partial charge on any atom is 0.243 e. The number of nitrogens with zero attached hydrogens (tertiary/aromatic N) is 1. The van der Waals surface area contributed by atoms with Crippen molar-refractivity contribution in [1.29, 1.82) is 0 Å². The van der Waals surface area contributed by atoms with Gasteiger partial charge in [-0.05, 0) is 24.3 Å². The van der Waals surface area contributed by atoms with Crippen molar-refractivity contribution in [2.45, 2.75) is 4.90 Å². The van der Waals surface area contributed by atoms with E-state index in [0.29, 0.717) is 36.2 Å². The summed E-state index contributed by atoms with van der Waals surface area (Å²) in [5.41, 5.74) is 0. The molecule has 0 spiro atoms. The van der Waals surface area contributed by atoms with Crippen molar-refractivity contribution in [3.05, 3.63) is 24.3 Å². The molecule has 0 atom stereocenters. The van der Waals surface area contributed by atoms with Crippen LogP contribution in [0.2, 0.25) is 0 Å². The van der Waals surface area contributed by atoms with Gasteiger partial charge in [0.05, 0.1) is 10.8 Å². The Labute approximate surface area is 123 Å². The molecular formula is C12H16ClNO3S2. The number of alkyl halides is 1.